The summed E-state index contributed by atoms with van der Waals surface area (Å²) >= 11 is 0. The van der Waals surface area contributed by atoms with E-state index >= 15 is 0 Å². The van der Waals surface area contributed by atoms with E-state index in [-0.39, 0.29) is 17.3 Å². The molecule has 3 rings (SSSR count). The van der Waals surface area contributed by atoms with Gasteiger partial charge in [0.15, 0.2) is 0 Å². The van der Waals surface area contributed by atoms with Crippen LogP contribution in [0.15, 0.2) is 54.6 Å². The van der Waals surface area contributed by atoms with E-state index < -0.39 is 21.8 Å². The molecule has 136 valence electrons. The zero-order valence-electron chi connectivity index (χ0n) is 14.6. The minimum absolute atomic E-state index is 0.177. The van der Waals surface area contributed by atoms with Gasteiger partial charge in [-0.1, -0.05) is 37.3 Å². The predicted molar refractivity (Wildman–Crippen MR) is 99.1 cm³/mol. The van der Waals surface area contributed by atoms with Gasteiger partial charge in [-0.25, -0.2) is 12.7 Å². The fourth-order valence-corrected chi connectivity index (χ4v) is 4.80. The van der Waals surface area contributed by atoms with Gasteiger partial charge in [0.05, 0.1) is 17.4 Å². The van der Waals surface area contributed by atoms with Crippen molar-refractivity contribution in [3.8, 4) is 0 Å². The molecule has 1 atom stereocenters. The van der Waals surface area contributed by atoms with Gasteiger partial charge in [-0.05, 0) is 29.8 Å². The highest BCUT2D eigenvalue weighted by Gasteiger charge is 2.41. The number of nitrogens with zero attached hydrogens (tertiary/aromatic N) is 2. The third-order valence-corrected chi connectivity index (χ3v) is 6.19. The van der Waals surface area contributed by atoms with Crippen LogP contribution in [0, 0.1) is 5.92 Å². The van der Waals surface area contributed by atoms with Crippen LogP contribution in [0.4, 0.5) is 5.69 Å². The lowest BCUT2D eigenvalue weighted by molar-refractivity contribution is -0.119. The van der Waals surface area contributed by atoms with Crippen molar-refractivity contribution in [1.29, 1.82) is 0 Å². The maximum absolute atomic E-state index is 12.6. The van der Waals surface area contributed by atoms with Crippen molar-refractivity contribution in [3.05, 3.63) is 65.7 Å². The van der Waals surface area contributed by atoms with Crippen molar-refractivity contribution >= 4 is 27.5 Å². The quantitative estimate of drug-likeness (QED) is 0.825. The zero-order valence-corrected chi connectivity index (χ0v) is 15.4. The number of hydrogen-bond donors (Lipinski definition) is 0. The van der Waals surface area contributed by atoms with Crippen molar-refractivity contribution in [2.75, 3.05) is 17.1 Å². The Morgan fingerprint density at radius 3 is 2.27 bits per heavy atom. The van der Waals surface area contributed by atoms with Crippen LogP contribution in [-0.2, 0) is 21.4 Å². The van der Waals surface area contributed by atoms with Crippen LogP contribution in [0.25, 0.3) is 0 Å². The van der Waals surface area contributed by atoms with Crippen LogP contribution < -0.4 is 4.31 Å². The van der Waals surface area contributed by atoms with E-state index in [9.17, 15) is 18.0 Å². The highest BCUT2D eigenvalue weighted by Crippen LogP contribution is 2.28. The van der Waals surface area contributed by atoms with Gasteiger partial charge in [-0.15, -0.1) is 0 Å². The first-order chi connectivity index (χ1) is 12.3. The second-order valence-electron chi connectivity index (χ2n) is 6.48. The summed E-state index contributed by atoms with van der Waals surface area (Å²) in [6, 6.07) is 15.7. The van der Waals surface area contributed by atoms with Crippen molar-refractivity contribution in [2.24, 2.45) is 5.92 Å². The minimum Gasteiger partial charge on any atom is -0.337 e. The van der Waals surface area contributed by atoms with Gasteiger partial charge in [0, 0.05) is 19.2 Å². The molecule has 6 nitrogen and oxygen atoms in total. The molecule has 1 saturated heterocycles. The molecule has 0 aliphatic carbocycles. The number of amides is 2. The molecular weight excluding hydrogens is 352 g/mol. The molecule has 1 aliphatic heterocycles. The Hall–Kier alpha value is -2.67. The minimum atomic E-state index is -3.64. The molecule has 0 radical (unpaired) electrons. The van der Waals surface area contributed by atoms with Crippen molar-refractivity contribution in [2.45, 2.75) is 13.5 Å². The maximum Gasteiger partial charge on any atom is 0.253 e. The molecule has 0 unspecified atom stereocenters. The highest BCUT2D eigenvalue weighted by atomic mass is 32.2. The Kier molecular flexibility index (Phi) is 4.82. The van der Waals surface area contributed by atoms with Gasteiger partial charge in [0.1, 0.15) is 0 Å². The highest BCUT2D eigenvalue weighted by molar-refractivity contribution is 7.94. The third kappa shape index (κ3) is 3.48. The van der Waals surface area contributed by atoms with E-state index in [1.165, 1.54) is 12.1 Å². The smallest absolute Gasteiger partial charge is 0.253 e. The fourth-order valence-electron chi connectivity index (χ4n) is 2.98. The summed E-state index contributed by atoms with van der Waals surface area (Å²) in [4.78, 5) is 26.3. The Morgan fingerprint density at radius 1 is 1.12 bits per heavy atom. The zero-order chi connectivity index (χ0) is 18.9. The SMILES string of the molecule is C[C@H]1CS(=O)(=O)N(c2ccc(C(=O)N(C)Cc3ccccc3)cc2)C1=O. The second-order valence-corrected chi connectivity index (χ2v) is 8.34. The Bertz CT molecular complexity index is 924. The van der Waals surface area contributed by atoms with Crippen LogP contribution in [0.1, 0.15) is 22.8 Å². The average molecular weight is 372 g/mol. The molecule has 1 heterocycles. The van der Waals surface area contributed by atoms with Crippen LogP contribution >= 0.6 is 0 Å². The van der Waals surface area contributed by atoms with E-state index in [4.69, 9.17) is 0 Å². The number of sulfonamides is 1. The van der Waals surface area contributed by atoms with E-state index in [0.717, 1.165) is 9.87 Å². The molecule has 1 aliphatic rings. The lowest BCUT2D eigenvalue weighted by Gasteiger charge is -2.19. The molecule has 0 spiro atoms. The molecule has 1 fully saturated rings. The normalized spacial score (nSPS) is 18.8. The fraction of sp³-hybridized carbons (Fsp3) is 0.263. The molecule has 0 saturated carbocycles. The standard InChI is InChI=1S/C19H20N2O4S/c1-14-13-26(24,25)21(18(14)22)17-10-8-16(9-11-17)19(23)20(2)12-15-6-4-3-5-7-15/h3-11,14H,12-13H2,1-2H3/t14-/m0/s1. The number of hydrogen-bond acceptors (Lipinski definition) is 4. The first-order valence-electron chi connectivity index (χ1n) is 8.26. The molecular formula is C19H20N2O4S. The Balaban J connectivity index is 1.77. The van der Waals surface area contributed by atoms with E-state index in [0.29, 0.717) is 12.1 Å². The number of carbonyl (C=O) groups is 2. The van der Waals surface area contributed by atoms with Crippen LogP contribution in [0.5, 0.6) is 0 Å². The van der Waals surface area contributed by atoms with Gasteiger partial charge in [-0.2, -0.15) is 0 Å². The van der Waals surface area contributed by atoms with Gasteiger partial charge in [-0.3, -0.25) is 9.59 Å². The third-order valence-electron chi connectivity index (χ3n) is 4.32. The van der Waals surface area contributed by atoms with Gasteiger partial charge in [0.25, 0.3) is 5.91 Å². The number of carbonyl (C=O) groups excluding carboxylic acids is 2. The topological polar surface area (TPSA) is 74.8 Å². The van der Waals surface area contributed by atoms with Gasteiger partial charge >= 0.3 is 0 Å². The Labute approximate surface area is 153 Å². The monoisotopic (exact) mass is 372 g/mol. The summed E-state index contributed by atoms with van der Waals surface area (Å²) in [6.07, 6.45) is 0. The second kappa shape index (κ2) is 6.92. The number of anilines is 1. The maximum atomic E-state index is 12.6. The molecule has 0 bridgehead atoms. The number of rotatable bonds is 4. The predicted octanol–water partition coefficient (Wildman–Crippen LogP) is 2.27. The largest absolute Gasteiger partial charge is 0.337 e. The Morgan fingerprint density at radius 2 is 1.73 bits per heavy atom. The van der Waals surface area contributed by atoms with Crippen LogP contribution in [0.3, 0.4) is 0 Å². The average Bonchev–Trinajstić information content (AvgIpc) is 2.82. The molecule has 7 heteroatoms. The summed E-state index contributed by atoms with van der Waals surface area (Å²) in [5, 5.41) is 0. The molecule has 2 amide bonds. The lowest BCUT2D eigenvalue weighted by Crippen LogP contribution is -2.30. The summed E-state index contributed by atoms with van der Waals surface area (Å²) < 4.78 is 25.1. The van der Waals surface area contributed by atoms with Crippen molar-refractivity contribution in [3.63, 3.8) is 0 Å². The first-order valence-corrected chi connectivity index (χ1v) is 9.87. The summed E-state index contributed by atoms with van der Waals surface area (Å²) in [5.41, 5.74) is 1.72. The van der Waals surface area contributed by atoms with Gasteiger partial charge in [0.2, 0.25) is 15.9 Å². The molecule has 0 aromatic heterocycles. The molecule has 0 N–H and O–H groups in total. The number of benzene rings is 2. The summed E-state index contributed by atoms with van der Waals surface area (Å²) in [5.74, 6) is -1.36. The molecule has 26 heavy (non-hydrogen) atoms. The van der Waals surface area contributed by atoms with E-state index in [1.807, 2.05) is 30.3 Å². The van der Waals surface area contributed by atoms with Gasteiger partial charge < -0.3 is 4.90 Å². The summed E-state index contributed by atoms with van der Waals surface area (Å²) in [7, 11) is -1.93. The van der Waals surface area contributed by atoms with Crippen molar-refractivity contribution in [1.82, 2.24) is 4.90 Å². The van der Waals surface area contributed by atoms with E-state index in [1.54, 1.807) is 31.0 Å². The van der Waals surface area contributed by atoms with Crippen LogP contribution in [0.2, 0.25) is 0 Å². The molecule has 2 aromatic rings. The van der Waals surface area contributed by atoms with Crippen LogP contribution in [-0.4, -0.2) is 37.9 Å². The van der Waals surface area contributed by atoms with E-state index in [2.05, 4.69) is 0 Å². The lowest BCUT2D eigenvalue weighted by atomic mass is 10.1. The first kappa shape index (κ1) is 18.1. The molecule has 2 aromatic carbocycles. The summed E-state index contributed by atoms with van der Waals surface area (Å²) in [6.45, 7) is 2.06. The van der Waals surface area contributed by atoms with Crippen molar-refractivity contribution < 1.29 is 18.0 Å².